The summed E-state index contributed by atoms with van der Waals surface area (Å²) >= 11 is 0. The van der Waals surface area contributed by atoms with Crippen LogP contribution in [0.4, 0.5) is 0 Å². The largest absolute Gasteiger partial charge is 0.456 e. The highest BCUT2D eigenvalue weighted by Crippen LogP contribution is 2.39. The van der Waals surface area contributed by atoms with Crippen molar-refractivity contribution in [2.24, 2.45) is 10.8 Å². The van der Waals surface area contributed by atoms with Gasteiger partial charge >= 0.3 is 5.97 Å². The molecule has 1 fully saturated rings. The highest BCUT2D eigenvalue weighted by Gasteiger charge is 2.47. The van der Waals surface area contributed by atoms with Crippen LogP contribution in [0.1, 0.15) is 47.0 Å². The minimum Gasteiger partial charge on any atom is -0.456 e. The molecule has 1 saturated heterocycles. The van der Waals surface area contributed by atoms with Gasteiger partial charge < -0.3 is 14.6 Å². The Labute approximate surface area is 114 Å². The number of allylic oxidation sites excluding steroid dienone is 2. The standard InChI is InChI=1S/C15H24O4/c1-10-5-7-15(4,8-6-10)13(17)19-11-12(16)18-9-14(11,2)3/h5,11-12,16H,6-9H2,1-4H3/t11?,12?,15-/m0/s1. The number of rotatable bonds is 2. The highest BCUT2D eigenvalue weighted by atomic mass is 16.7. The molecule has 1 N–H and O–H groups in total. The second-order valence-corrected chi connectivity index (χ2v) is 6.83. The van der Waals surface area contributed by atoms with E-state index in [4.69, 9.17) is 9.47 Å². The Morgan fingerprint density at radius 2 is 2.16 bits per heavy atom. The summed E-state index contributed by atoms with van der Waals surface area (Å²) in [6.07, 6.45) is 2.96. The van der Waals surface area contributed by atoms with E-state index in [0.29, 0.717) is 13.0 Å². The molecule has 0 spiro atoms. The van der Waals surface area contributed by atoms with Crippen molar-refractivity contribution in [3.05, 3.63) is 11.6 Å². The minimum absolute atomic E-state index is 0.223. The molecule has 2 aliphatic rings. The molecule has 0 radical (unpaired) electrons. The van der Waals surface area contributed by atoms with Crippen LogP contribution < -0.4 is 0 Å². The highest BCUT2D eigenvalue weighted by molar-refractivity contribution is 5.77. The third-order valence-electron chi connectivity index (χ3n) is 4.35. The Balaban J connectivity index is 2.05. The zero-order valence-electron chi connectivity index (χ0n) is 12.2. The first-order chi connectivity index (χ1) is 8.74. The normalized spacial score (nSPS) is 37.8. The average molecular weight is 268 g/mol. The number of hydrogen-bond acceptors (Lipinski definition) is 4. The molecule has 4 heteroatoms. The van der Waals surface area contributed by atoms with Gasteiger partial charge in [0.15, 0.2) is 12.4 Å². The van der Waals surface area contributed by atoms with E-state index in [-0.39, 0.29) is 11.4 Å². The van der Waals surface area contributed by atoms with Gasteiger partial charge in [-0.1, -0.05) is 25.5 Å². The maximum absolute atomic E-state index is 12.4. The van der Waals surface area contributed by atoms with Crippen LogP contribution in [0.2, 0.25) is 0 Å². The zero-order chi connectivity index (χ0) is 14.3. The SMILES string of the molecule is CC1=CC[C@](C)(C(=O)OC2C(O)OCC2(C)C)CC1. The fraction of sp³-hybridized carbons (Fsp3) is 0.800. The number of aliphatic hydroxyl groups excluding tert-OH is 1. The molecule has 1 aliphatic heterocycles. The molecule has 2 unspecified atom stereocenters. The molecular weight excluding hydrogens is 244 g/mol. The van der Waals surface area contributed by atoms with Gasteiger partial charge in [0.25, 0.3) is 0 Å². The molecule has 0 aromatic rings. The Hall–Kier alpha value is -0.870. The lowest BCUT2D eigenvalue weighted by Gasteiger charge is -2.34. The predicted molar refractivity (Wildman–Crippen MR) is 71.3 cm³/mol. The average Bonchev–Trinajstić information content (AvgIpc) is 2.60. The van der Waals surface area contributed by atoms with Crippen LogP contribution in [-0.4, -0.2) is 30.1 Å². The number of carbonyl (C=O) groups excluding carboxylic acids is 1. The van der Waals surface area contributed by atoms with Gasteiger partial charge in [0.1, 0.15) is 0 Å². The molecule has 0 aromatic heterocycles. The quantitative estimate of drug-likeness (QED) is 0.617. The number of aliphatic hydroxyl groups is 1. The van der Waals surface area contributed by atoms with Crippen molar-refractivity contribution in [3.8, 4) is 0 Å². The summed E-state index contributed by atoms with van der Waals surface area (Å²) < 4.78 is 10.8. The Bertz CT molecular complexity index is 399. The predicted octanol–water partition coefficient (Wildman–Crippen LogP) is 2.41. The maximum Gasteiger partial charge on any atom is 0.312 e. The van der Waals surface area contributed by atoms with Gasteiger partial charge in [-0.2, -0.15) is 0 Å². The van der Waals surface area contributed by atoms with Crippen molar-refractivity contribution in [2.75, 3.05) is 6.61 Å². The van der Waals surface area contributed by atoms with Crippen molar-refractivity contribution in [1.82, 2.24) is 0 Å². The molecule has 19 heavy (non-hydrogen) atoms. The smallest absolute Gasteiger partial charge is 0.312 e. The summed E-state index contributed by atoms with van der Waals surface area (Å²) in [7, 11) is 0. The lowest BCUT2D eigenvalue weighted by molar-refractivity contribution is -0.181. The summed E-state index contributed by atoms with van der Waals surface area (Å²) in [4.78, 5) is 12.4. The number of hydrogen-bond donors (Lipinski definition) is 1. The molecule has 2 rings (SSSR count). The van der Waals surface area contributed by atoms with Crippen LogP contribution in [-0.2, 0) is 14.3 Å². The van der Waals surface area contributed by atoms with E-state index in [1.807, 2.05) is 20.8 Å². The molecular formula is C15H24O4. The van der Waals surface area contributed by atoms with Crippen LogP contribution in [0.3, 0.4) is 0 Å². The molecule has 0 amide bonds. The van der Waals surface area contributed by atoms with Gasteiger partial charge in [-0.05, 0) is 33.1 Å². The molecule has 1 heterocycles. The Morgan fingerprint density at radius 3 is 2.63 bits per heavy atom. The van der Waals surface area contributed by atoms with Crippen molar-refractivity contribution < 1.29 is 19.4 Å². The fourth-order valence-corrected chi connectivity index (χ4v) is 2.59. The molecule has 4 nitrogen and oxygen atoms in total. The van der Waals surface area contributed by atoms with Crippen LogP contribution >= 0.6 is 0 Å². The summed E-state index contributed by atoms with van der Waals surface area (Å²) in [5, 5.41) is 9.79. The van der Waals surface area contributed by atoms with Crippen LogP contribution in [0.15, 0.2) is 11.6 Å². The first kappa shape index (κ1) is 14.5. The topological polar surface area (TPSA) is 55.8 Å². The van der Waals surface area contributed by atoms with Crippen molar-refractivity contribution >= 4 is 5.97 Å². The van der Waals surface area contributed by atoms with Gasteiger partial charge in [-0.15, -0.1) is 0 Å². The van der Waals surface area contributed by atoms with Gasteiger partial charge in [0.05, 0.1) is 12.0 Å². The Kier molecular flexibility index (Phi) is 3.76. The van der Waals surface area contributed by atoms with Crippen molar-refractivity contribution in [2.45, 2.75) is 59.4 Å². The van der Waals surface area contributed by atoms with E-state index < -0.39 is 17.8 Å². The fourth-order valence-electron chi connectivity index (χ4n) is 2.59. The molecule has 1 aliphatic carbocycles. The zero-order valence-corrected chi connectivity index (χ0v) is 12.2. The van der Waals surface area contributed by atoms with Gasteiger partial charge in [-0.25, -0.2) is 0 Å². The van der Waals surface area contributed by atoms with Crippen LogP contribution in [0.5, 0.6) is 0 Å². The summed E-state index contributed by atoms with van der Waals surface area (Å²) in [6.45, 7) is 8.31. The van der Waals surface area contributed by atoms with E-state index in [1.54, 1.807) is 0 Å². The lowest BCUT2D eigenvalue weighted by atomic mass is 9.76. The molecule has 0 bridgehead atoms. The summed E-state index contributed by atoms with van der Waals surface area (Å²) in [5.74, 6) is -0.223. The van der Waals surface area contributed by atoms with Crippen LogP contribution in [0, 0.1) is 10.8 Å². The number of esters is 1. The van der Waals surface area contributed by atoms with E-state index in [2.05, 4.69) is 13.0 Å². The minimum atomic E-state index is -1.01. The second kappa shape index (κ2) is 4.91. The van der Waals surface area contributed by atoms with Gasteiger partial charge in [-0.3, -0.25) is 4.79 Å². The van der Waals surface area contributed by atoms with Crippen LogP contribution in [0.25, 0.3) is 0 Å². The van der Waals surface area contributed by atoms with E-state index in [1.165, 1.54) is 5.57 Å². The number of ether oxygens (including phenoxy) is 2. The second-order valence-electron chi connectivity index (χ2n) is 6.83. The van der Waals surface area contributed by atoms with E-state index in [0.717, 1.165) is 12.8 Å². The van der Waals surface area contributed by atoms with Gasteiger partial charge in [0, 0.05) is 5.41 Å². The first-order valence-electron chi connectivity index (χ1n) is 6.91. The van der Waals surface area contributed by atoms with Crippen molar-refractivity contribution in [1.29, 1.82) is 0 Å². The number of carbonyl (C=O) groups is 1. The molecule has 0 aromatic carbocycles. The first-order valence-corrected chi connectivity index (χ1v) is 6.91. The lowest BCUT2D eigenvalue weighted by Crippen LogP contribution is -2.42. The van der Waals surface area contributed by atoms with E-state index in [9.17, 15) is 9.90 Å². The monoisotopic (exact) mass is 268 g/mol. The molecule has 108 valence electrons. The summed E-state index contributed by atoms with van der Waals surface area (Å²) in [5.41, 5.74) is 0.513. The maximum atomic E-state index is 12.4. The molecule has 0 saturated carbocycles. The third-order valence-corrected chi connectivity index (χ3v) is 4.35. The summed E-state index contributed by atoms with van der Waals surface area (Å²) in [6, 6.07) is 0. The van der Waals surface area contributed by atoms with Crippen molar-refractivity contribution in [3.63, 3.8) is 0 Å². The van der Waals surface area contributed by atoms with Gasteiger partial charge in [0.2, 0.25) is 0 Å². The Morgan fingerprint density at radius 1 is 1.47 bits per heavy atom. The molecule has 3 atom stereocenters. The third kappa shape index (κ3) is 2.84. The van der Waals surface area contributed by atoms with E-state index >= 15 is 0 Å².